The summed E-state index contributed by atoms with van der Waals surface area (Å²) in [7, 11) is 1.60. The number of likely N-dealkylation sites (tertiary alicyclic amines) is 1. The first kappa shape index (κ1) is 15.9. The Morgan fingerprint density at radius 3 is 2.58 bits per heavy atom. The van der Waals surface area contributed by atoms with Gasteiger partial charge in [-0.15, -0.1) is 0 Å². The molecule has 0 aromatic carbocycles. The molecule has 6 heteroatoms. The summed E-state index contributed by atoms with van der Waals surface area (Å²) in [4.78, 5) is 25.2. The van der Waals surface area contributed by atoms with Crippen molar-refractivity contribution >= 4 is 11.9 Å². The lowest BCUT2D eigenvalue weighted by Gasteiger charge is -2.30. The van der Waals surface area contributed by atoms with Crippen molar-refractivity contribution in [1.29, 1.82) is 0 Å². The highest BCUT2D eigenvalue weighted by Crippen LogP contribution is 2.18. The first-order valence-electron chi connectivity index (χ1n) is 6.82. The van der Waals surface area contributed by atoms with Crippen molar-refractivity contribution in [3.8, 4) is 0 Å². The van der Waals surface area contributed by atoms with E-state index in [0.717, 1.165) is 25.9 Å². The summed E-state index contributed by atoms with van der Waals surface area (Å²) in [5.41, 5.74) is 0. The van der Waals surface area contributed by atoms with Crippen molar-refractivity contribution in [2.45, 2.75) is 19.8 Å². The number of esters is 1. The Morgan fingerprint density at radius 1 is 1.32 bits per heavy atom. The van der Waals surface area contributed by atoms with Crippen molar-refractivity contribution in [2.75, 3.05) is 46.5 Å². The van der Waals surface area contributed by atoms with Crippen LogP contribution in [-0.4, -0.2) is 63.3 Å². The number of carbonyl (C=O) groups excluding carboxylic acids is 2. The van der Waals surface area contributed by atoms with Gasteiger partial charge in [0.05, 0.1) is 25.7 Å². The number of ether oxygens (including phenoxy) is 2. The summed E-state index contributed by atoms with van der Waals surface area (Å²) in [6, 6.07) is 0. The highest BCUT2D eigenvalue weighted by molar-refractivity contribution is 5.78. The Morgan fingerprint density at radius 2 is 2.00 bits per heavy atom. The van der Waals surface area contributed by atoms with Crippen molar-refractivity contribution in [3.63, 3.8) is 0 Å². The summed E-state index contributed by atoms with van der Waals surface area (Å²) in [5, 5.41) is 2.79. The van der Waals surface area contributed by atoms with Crippen LogP contribution in [0.2, 0.25) is 0 Å². The molecule has 1 heterocycles. The van der Waals surface area contributed by atoms with Crippen molar-refractivity contribution in [3.05, 3.63) is 0 Å². The van der Waals surface area contributed by atoms with Gasteiger partial charge in [0.2, 0.25) is 5.91 Å². The summed E-state index contributed by atoms with van der Waals surface area (Å²) in [6.45, 7) is 5.23. The molecule has 1 rings (SSSR count). The number of piperidine rings is 1. The quantitative estimate of drug-likeness (QED) is 0.523. The second-order valence-corrected chi connectivity index (χ2v) is 4.65. The van der Waals surface area contributed by atoms with Crippen LogP contribution >= 0.6 is 0 Å². The van der Waals surface area contributed by atoms with Gasteiger partial charge in [-0.1, -0.05) is 0 Å². The third-order valence-corrected chi connectivity index (χ3v) is 3.20. The molecule has 0 aliphatic carbocycles. The smallest absolute Gasteiger partial charge is 0.309 e. The van der Waals surface area contributed by atoms with Crippen LogP contribution < -0.4 is 5.32 Å². The number of hydrogen-bond acceptors (Lipinski definition) is 5. The molecule has 0 atom stereocenters. The predicted molar refractivity (Wildman–Crippen MR) is 70.7 cm³/mol. The molecule has 0 radical (unpaired) electrons. The van der Waals surface area contributed by atoms with Gasteiger partial charge in [0.15, 0.2) is 0 Å². The molecule has 0 aromatic heterocycles. The molecule has 1 aliphatic rings. The molecule has 0 saturated carbocycles. The van der Waals surface area contributed by atoms with Gasteiger partial charge in [-0.2, -0.15) is 0 Å². The van der Waals surface area contributed by atoms with Gasteiger partial charge in [0.1, 0.15) is 0 Å². The van der Waals surface area contributed by atoms with Crippen LogP contribution in [0, 0.1) is 5.92 Å². The Kier molecular flexibility index (Phi) is 7.43. The first-order chi connectivity index (χ1) is 9.17. The average Bonchev–Trinajstić information content (AvgIpc) is 2.40. The summed E-state index contributed by atoms with van der Waals surface area (Å²) in [5.74, 6) is -0.105. The SMILES string of the molecule is CCOC(=O)C1CCN(CC(=O)NCCOC)CC1. The number of nitrogens with one attached hydrogen (secondary N) is 1. The van der Waals surface area contributed by atoms with Gasteiger partial charge >= 0.3 is 5.97 Å². The summed E-state index contributed by atoms with van der Waals surface area (Å²) < 4.78 is 9.88. The first-order valence-corrected chi connectivity index (χ1v) is 6.82. The van der Waals surface area contributed by atoms with E-state index in [0.29, 0.717) is 26.3 Å². The van der Waals surface area contributed by atoms with Gasteiger partial charge in [0, 0.05) is 13.7 Å². The minimum atomic E-state index is -0.105. The molecule has 0 unspecified atom stereocenters. The minimum Gasteiger partial charge on any atom is -0.466 e. The van der Waals surface area contributed by atoms with Gasteiger partial charge in [0.25, 0.3) is 0 Å². The van der Waals surface area contributed by atoms with E-state index < -0.39 is 0 Å². The van der Waals surface area contributed by atoms with Crippen molar-refractivity contribution in [2.24, 2.45) is 5.92 Å². The molecule has 1 N–H and O–H groups in total. The van der Waals surface area contributed by atoms with Gasteiger partial charge in [-0.3, -0.25) is 14.5 Å². The molecule has 6 nitrogen and oxygen atoms in total. The molecule has 0 aromatic rings. The fourth-order valence-electron chi connectivity index (χ4n) is 2.14. The Balaban J connectivity index is 2.19. The average molecular weight is 272 g/mol. The van der Waals surface area contributed by atoms with E-state index in [2.05, 4.69) is 10.2 Å². The molecular formula is C13H24N2O4. The van der Waals surface area contributed by atoms with Crippen LogP contribution in [0.25, 0.3) is 0 Å². The molecule has 19 heavy (non-hydrogen) atoms. The topological polar surface area (TPSA) is 67.9 Å². The maximum absolute atomic E-state index is 11.6. The van der Waals surface area contributed by atoms with Gasteiger partial charge < -0.3 is 14.8 Å². The van der Waals surface area contributed by atoms with E-state index >= 15 is 0 Å². The highest BCUT2D eigenvalue weighted by atomic mass is 16.5. The largest absolute Gasteiger partial charge is 0.466 e. The fraction of sp³-hybridized carbons (Fsp3) is 0.846. The van der Waals surface area contributed by atoms with Crippen LogP contribution in [0.5, 0.6) is 0 Å². The monoisotopic (exact) mass is 272 g/mol. The normalized spacial score (nSPS) is 17.2. The van der Waals surface area contributed by atoms with Crippen LogP contribution in [0.15, 0.2) is 0 Å². The lowest BCUT2D eigenvalue weighted by molar-refractivity contribution is -0.149. The lowest BCUT2D eigenvalue weighted by atomic mass is 9.97. The summed E-state index contributed by atoms with van der Waals surface area (Å²) >= 11 is 0. The third-order valence-electron chi connectivity index (χ3n) is 3.20. The van der Waals surface area contributed by atoms with E-state index in [1.807, 2.05) is 6.92 Å². The molecule has 1 saturated heterocycles. The van der Waals surface area contributed by atoms with Crippen molar-refractivity contribution < 1.29 is 19.1 Å². The number of carbonyl (C=O) groups is 2. The Hall–Kier alpha value is -1.14. The van der Waals surface area contributed by atoms with Crippen molar-refractivity contribution in [1.82, 2.24) is 10.2 Å². The van der Waals surface area contributed by atoms with Crippen LogP contribution in [0.1, 0.15) is 19.8 Å². The van der Waals surface area contributed by atoms with E-state index in [4.69, 9.17) is 9.47 Å². The van der Waals surface area contributed by atoms with Crippen LogP contribution in [-0.2, 0) is 19.1 Å². The molecule has 110 valence electrons. The number of rotatable bonds is 7. The number of hydrogen-bond donors (Lipinski definition) is 1. The Labute approximate surface area is 114 Å². The zero-order valence-electron chi connectivity index (χ0n) is 11.8. The standard InChI is InChI=1S/C13H24N2O4/c1-3-19-13(17)11-4-7-15(8-5-11)10-12(16)14-6-9-18-2/h11H,3-10H2,1-2H3,(H,14,16). The number of amides is 1. The minimum absolute atomic E-state index is 0.00614. The molecule has 0 bridgehead atoms. The number of methoxy groups -OCH3 is 1. The highest BCUT2D eigenvalue weighted by Gasteiger charge is 2.26. The molecule has 1 fully saturated rings. The van der Waals surface area contributed by atoms with E-state index in [9.17, 15) is 9.59 Å². The lowest BCUT2D eigenvalue weighted by Crippen LogP contribution is -2.43. The second kappa shape index (κ2) is 8.87. The predicted octanol–water partition coefficient (Wildman–Crippen LogP) is 0.0241. The maximum Gasteiger partial charge on any atom is 0.309 e. The van der Waals surface area contributed by atoms with Gasteiger partial charge in [-0.05, 0) is 32.9 Å². The molecule has 1 amide bonds. The zero-order chi connectivity index (χ0) is 14.1. The molecule has 1 aliphatic heterocycles. The Bertz CT molecular complexity index is 288. The van der Waals surface area contributed by atoms with E-state index in [1.165, 1.54) is 0 Å². The van der Waals surface area contributed by atoms with Crippen LogP contribution in [0.3, 0.4) is 0 Å². The fourth-order valence-corrected chi connectivity index (χ4v) is 2.14. The van der Waals surface area contributed by atoms with Crippen LogP contribution in [0.4, 0.5) is 0 Å². The zero-order valence-corrected chi connectivity index (χ0v) is 11.8. The molecule has 0 spiro atoms. The third kappa shape index (κ3) is 6.02. The number of nitrogens with zero attached hydrogens (tertiary/aromatic N) is 1. The second-order valence-electron chi connectivity index (χ2n) is 4.65. The van der Waals surface area contributed by atoms with Gasteiger partial charge in [-0.25, -0.2) is 0 Å². The van der Waals surface area contributed by atoms with E-state index in [1.54, 1.807) is 7.11 Å². The summed E-state index contributed by atoms with van der Waals surface area (Å²) in [6.07, 6.45) is 1.54. The van der Waals surface area contributed by atoms with E-state index in [-0.39, 0.29) is 17.8 Å². The maximum atomic E-state index is 11.6. The molecular weight excluding hydrogens is 248 g/mol.